The van der Waals surface area contributed by atoms with Gasteiger partial charge in [-0.15, -0.1) is 0 Å². The van der Waals surface area contributed by atoms with E-state index in [0.717, 1.165) is 82.9 Å². The zero-order valence-corrected chi connectivity index (χ0v) is 53.4. The van der Waals surface area contributed by atoms with Gasteiger partial charge in [0.15, 0.2) is 22.1 Å². The van der Waals surface area contributed by atoms with Crippen LogP contribution in [-0.2, 0) is 47.0 Å². The number of aromatic nitrogens is 3. The van der Waals surface area contributed by atoms with Crippen LogP contribution in [0.1, 0.15) is 98.0 Å². The van der Waals surface area contributed by atoms with Crippen molar-refractivity contribution in [2.24, 2.45) is 11.8 Å². The molecule has 8 N–H and O–H groups in total. The van der Waals surface area contributed by atoms with Gasteiger partial charge in [0.2, 0.25) is 5.78 Å². The highest BCUT2D eigenvalue weighted by atomic mass is 32.2. The number of esters is 1. The number of likely N-dealkylation sites (tertiary alicyclic amines) is 1. The number of fused-ring (bicyclic) bond motifs is 9. The van der Waals surface area contributed by atoms with Crippen LogP contribution in [0.2, 0.25) is 0 Å². The molecule has 0 bridgehead atoms. The standard InChI is InChI=1S/C24H26N4O2S.C23H25NO8.C16H20N2O2S.CH4O3S.2CH4/c1-3-27-11-5-7-18(27)14-25-23(29)17-9-10-21-22(13-17)31-24-26-20(15-28(21)24)16-6-4-8-19(12-16)30-2;1-9(25)14-19(28)17(24(3)4)12-8-11-16(21(30)23(12,32)20(14)29)18(27)15-10(22(11,2)31)6-5-7-13(15)26;1-18(2)6-7-20-16(19)11-3-4-14-12(9-11)13-10-21-8-5-15(13)17-14;1-5(2,3)4;;/h4,6,8-10,12-13,15,18H,3,5,7,11,14H2,1-2H3,(H,25,29);5-7,11-12,17,26-27,29,31-32H,8H2,1-4H3;3-4,9,17H,5-8,10H2,1-2H3;1H3,(H,2,3,4);2*1H4. The molecule has 12 rings (SSSR count). The average Bonchev–Trinajstić information content (AvgIpc) is 1.50. The normalized spacial score (nSPS) is 21.8. The van der Waals surface area contributed by atoms with Crippen LogP contribution in [0.5, 0.6) is 11.5 Å². The summed E-state index contributed by atoms with van der Waals surface area (Å²) >= 11 is 3.55. The van der Waals surface area contributed by atoms with Gasteiger partial charge in [0, 0.05) is 76.2 Å². The maximum atomic E-state index is 13.7. The predicted molar refractivity (Wildman–Crippen MR) is 355 cm³/mol. The highest BCUT2D eigenvalue weighted by Crippen LogP contribution is 2.57. The Bertz CT molecular complexity index is 4080. The number of amides is 1. The van der Waals surface area contributed by atoms with Gasteiger partial charge in [0.25, 0.3) is 16.0 Å². The van der Waals surface area contributed by atoms with Crippen molar-refractivity contribution in [2.75, 3.05) is 80.1 Å². The number of aliphatic hydroxyl groups excluding tert-OH is 2. The number of carbonyl (C=O) groups is 5. The van der Waals surface area contributed by atoms with Crippen molar-refractivity contribution in [1.82, 2.24) is 34.4 Å². The molecule has 7 aromatic rings. The molecule has 25 heteroatoms. The summed E-state index contributed by atoms with van der Waals surface area (Å²) in [6, 6.07) is 23.2. The lowest BCUT2D eigenvalue weighted by atomic mass is 9.54. The van der Waals surface area contributed by atoms with Gasteiger partial charge in [-0.05, 0) is 152 Å². The van der Waals surface area contributed by atoms with Gasteiger partial charge in [-0.3, -0.25) is 37.9 Å². The highest BCUT2D eigenvalue weighted by Gasteiger charge is 2.66. The molecular formula is C66H83N7O15S3. The molecular weight excluding hydrogens is 1230 g/mol. The van der Waals surface area contributed by atoms with Crippen LogP contribution in [0.25, 0.3) is 43.1 Å². The van der Waals surface area contributed by atoms with E-state index in [-0.39, 0.29) is 55.6 Å². The number of thiazole rings is 1. The quantitative estimate of drug-likeness (QED) is 0.0322. The number of ether oxygens (including phenoxy) is 2. The van der Waals surface area contributed by atoms with E-state index in [1.165, 1.54) is 58.8 Å². The van der Waals surface area contributed by atoms with E-state index in [1.807, 2.05) is 97.6 Å². The molecule has 2 fully saturated rings. The first kappa shape index (κ1) is 71.0. The van der Waals surface area contributed by atoms with Crippen LogP contribution in [0.3, 0.4) is 0 Å². The monoisotopic (exact) mass is 1310 g/mol. The largest absolute Gasteiger partial charge is 0.508 e. The third kappa shape index (κ3) is 14.4. The number of imidazole rings is 1. The number of aromatic hydroxyl groups is 1. The van der Waals surface area contributed by atoms with Crippen LogP contribution in [0, 0.1) is 11.8 Å². The number of hydrogen-bond donors (Lipinski definition) is 8. The summed E-state index contributed by atoms with van der Waals surface area (Å²) in [5, 5.41) is 59.4. The number of carbonyl (C=O) groups excluding carboxylic acids is 5. The number of hydrogen-bond acceptors (Lipinski definition) is 20. The maximum Gasteiger partial charge on any atom is 0.338 e. The minimum absolute atomic E-state index is 0. The number of aliphatic hydroxyl groups is 4. The molecule has 1 amide bonds. The van der Waals surface area contributed by atoms with E-state index in [4.69, 9.17) is 19.0 Å². The van der Waals surface area contributed by atoms with E-state index >= 15 is 0 Å². The molecule has 4 aromatic carbocycles. The average molecular weight is 1310 g/mol. The van der Waals surface area contributed by atoms with Gasteiger partial charge in [-0.1, -0.05) is 57.4 Å². The minimum atomic E-state index is -3.67. The summed E-state index contributed by atoms with van der Waals surface area (Å²) in [7, 11) is 5.01. The molecule has 2 aliphatic heterocycles. The fraction of sp³-hybridized carbons (Fsp3) is 0.424. The molecule has 490 valence electrons. The van der Waals surface area contributed by atoms with E-state index < -0.39 is 73.6 Å². The first-order valence-electron chi connectivity index (χ1n) is 29.0. The van der Waals surface area contributed by atoms with Gasteiger partial charge >= 0.3 is 5.97 Å². The van der Waals surface area contributed by atoms with E-state index in [0.29, 0.717) is 36.6 Å². The van der Waals surface area contributed by atoms with Gasteiger partial charge in [-0.25, -0.2) is 9.78 Å². The molecule has 6 atom stereocenters. The SMILES string of the molecule is C.C.CC(=O)C1=C(O)C2(O)C(=O)C3=C(O)c4c(O)cccc4C(C)(O)C3CC2C(N(C)C)C1=O.CCN1CCCC1CNC(=O)c1ccc2c(c1)sc1nc(-c3cccc(OC)c3)cn12.CN(C)CCOC(=O)c1ccc2[nH]c3c(c2c1)CSCC3.CS(=O)(=O)O. The number of aryl methyl sites for hydroxylation is 1. The third-order valence-corrected chi connectivity index (χ3v) is 19.0. The Hall–Kier alpha value is -7.46. The lowest BCUT2D eigenvalue weighted by molar-refractivity contribution is -0.159. The highest BCUT2D eigenvalue weighted by molar-refractivity contribution is 7.98. The fourth-order valence-corrected chi connectivity index (χ4v) is 14.7. The molecule has 5 heterocycles. The van der Waals surface area contributed by atoms with Crippen molar-refractivity contribution in [3.8, 4) is 22.8 Å². The summed E-state index contributed by atoms with van der Waals surface area (Å²) in [5.74, 6) is -4.20. The number of likely N-dealkylation sites (N-methyl/N-ethyl adjacent to an activating group) is 3. The number of phenols is 1. The number of Topliss-reactive ketones (excluding diaryl/α,β-unsaturated/α-hetero) is 3. The van der Waals surface area contributed by atoms with Crippen LogP contribution in [0.4, 0.5) is 0 Å². The number of aromatic amines is 1. The fourth-order valence-electron chi connectivity index (χ4n) is 12.6. The Morgan fingerprint density at radius 3 is 2.33 bits per heavy atom. The summed E-state index contributed by atoms with van der Waals surface area (Å²) in [6.07, 6.45) is 6.05. The van der Waals surface area contributed by atoms with Crippen LogP contribution >= 0.6 is 23.1 Å². The number of nitrogens with one attached hydrogen (secondary N) is 2. The van der Waals surface area contributed by atoms with Gasteiger partial charge in [-0.2, -0.15) is 20.2 Å². The van der Waals surface area contributed by atoms with Crippen molar-refractivity contribution in [2.45, 2.75) is 90.3 Å². The van der Waals surface area contributed by atoms with Crippen LogP contribution in [-0.4, -0.2) is 195 Å². The maximum absolute atomic E-state index is 13.7. The summed E-state index contributed by atoms with van der Waals surface area (Å²) in [4.78, 5) is 78.8. The Kier molecular flexibility index (Phi) is 22.3. The van der Waals surface area contributed by atoms with Gasteiger partial charge in [0.05, 0.1) is 52.0 Å². The third-order valence-electron chi connectivity index (χ3n) is 17.0. The van der Waals surface area contributed by atoms with E-state index in [2.05, 4.69) is 26.5 Å². The lowest BCUT2D eigenvalue weighted by Crippen LogP contribution is -2.66. The number of rotatable bonds is 12. The second-order valence-electron chi connectivity index (χ2n) is 23.4. The summed E-state index contributed by atoms with van der Waals surface area (Å²) in [5.41, 5.74) is 2.71. The van der Waals surface area contributed by atoms with Gasteiger partial charge in [0.1, 0.15) is 35.2 Å². The van der Waals surface area contributed by atoms with Crippen molar-refractivity contribution in [1.29, 1.82) is 0 Å². The number of ketones is 3. The summed E-state index contributed by atoms with van der Waals surface area (Å²) in [6.45, 7) is 8.70. The topological polar surface area (TPSA) is 314 Å². The Morgan fingerprint density at radius 1 is 0.956 bits per heavy atom. The minimum Gasteiger partial charge on any atom is -0.508 e. The Balaban J connectivity index is 0.000000188. The molecule has 91 heavy (non-hydrogen) atoms. The van der Waals surface area contributed by atoms with Crippen molar-refractivity contribution in [3.63, 3.8) is 0 Å². The van der Waals surface area contributed by atoms with Crippen LogP contribution in [0.15, 0.2) is 102 Å². The smallest absolute Gasteiger partial charge is 0.338 e. The Labute approximate surface area is 538 Å². The predicted octanol–water partition coefficient (Wildman–Crippen LogP) is 8.62. The van der Waals surface area contributed by atoms with E-state index in [9.17, 15) is 57.9 Å². The zero-order chi connectivity index (χ0) is 64.6. The first-order chi connectivity index (χ1) is 42.1. The molecule has 0 spiro atoms. The molecule has 5 aliphatic rings. The molecule has 3 aromatic heterocycles. The molecule has 22 nitrogen and oxygen atoms in total. The first-order valence-corrected chi connectivity index (χ1v) is 32.8. The number of methoxy groups -OCH3 is 1. The van der Waals surface area contributed by atoms with Crippen molar-refractivity contribution in [3.05, 3.63) is 135 Å². The number of thioether (sulfide) groups is 1. The Morgan fingerprint density at radius 2 is 1.66 bits per heavy atom. The van der Waals surface area contributed by atoms with Crippen molar-refractivity contribution < 1.29 is 71.9 Å². The second kappa shape index (κ2) is 28.6. The van der Waals surface area contributed by atoms with Crippen molar-refractivity contribution >= 4 is 94.3 Å². The summed E-state index contributed by atoms with van der Waals surface area (Å²) < 4.78 is 39.7. The molecule has 1 saturated heterocycles. The number of nitrogens with zero attached hydrogens (tertiary/aromatic N) is 5. The lowest BCUT2D eigenvalue weighted by Gasteiger charge is -2.53. The molecule has 0 radical (unpaired) electrons. The number of H-pyrrole nitrogens is 1. The zero-order valence-electron chi connectivity index (χ0n) is 51.0. The molecule has 3 aliphatic carbocycles. The number of benzene rings is 4. The molecule has 1 saturated carbocycles. The van der Waals surface area contributed by atoms with Crippen LogP contribution < -0.4 is 10.1 Å². The molecule has 6 unspecified atom stereocenters. The number of phenolic OH excluding ortho intramolecular Hbond substituents is 1. The van der Waals surface area contributed by atoms with Gasteiger partial charge < -0.3 is 50.2 Å². The second-order valence-corrected chi connectivity index (χ2v) is 27.0. The van der Waals surface area contributed by atoms with E-state index in [1.54, 1.807) is 32.5 Å².